The molecule has 0 bridgehead atoms. The topological polar surface area (TPSA) is 274 Å². The Morgan fingerprint density at radius 3 is 2.20 bits per heavy atom. The fourth-order valence-electron chi connectivity index (χ4n) is 5.48. The molecule has 2 aromatic carbocycles. The molecule has 18 nitrogen and oxygen atoms in total. The number of phenolic OH excluding ortho intramolecular Hbond substituents is 2. The molecule has 3 aromatic rings. The summed E-state index contributed by atoms with van der Waals surface area (Å²) in [6.07, 6.45) is -16.4. The largest absolute Gasteiger partial charge is 0.507 e. The lowest BCUT2D eigenvalue weighted by atomic mass is 9.97. The molecule has 0 radical (unpaired) electrons. The second-order valence-electron chi connectivity index (χ2n) is 11.4. The first-order valence-electron chi connectivity index (χ1n) is 14.8. The van der Waals surface area contributed by atoms with Crippen molar-refractivity contribution in [3.63, 3.8) is 0 Å². The van der Waals surface area contributed by atoms with Gasteiger partial charge in [-0.15, -0.1) is 0 Å². The highest BCUT2D eigenvalue weighted by atomic mass is 16.8. The molecule has 8 N–H and O–H groups in total. The summed E-state index contributed by atoms with van der Waals surface area (Å²) in [5, 5.41) is 84.1. The number of rotatable bonds is 9. The summed E-state index contributed by atoms with van der Waals surface area (Å²) >= 11 is 0. The minimum Gasteiger partial charge on any atom is -0.507 e. The Kier molecular flexibility index (Phi) is 10.4. The number of benzene rings is 2. The number of hydrogen-bond donors (Lipinski definition) is 8. The SMILES string of the molecule is COc1cc(-c2oc3c(OC)c(O[C@H]4O[C@@H](COC(C)=O)[C@H](O)[C@@H](O)[C@@H]4O[C@@H]4O[C@H](C)[C@H](O)[C@H](O)[C@@H]4O)cc(O)c3c(=O)c2O)ccc1O. The van der Waals surface area contributed by atoms with Gasteiger partial charge in [-0.25, -0.2) is 0 Å². The van der Waals surface area contributed by atoms with Crippen LogP contribution in [0.5, 0.6) is 34.5 Å². The molecule has 18 heteroatoms. The maximum absolute atomic E-state index is 13.3. The van der Waals surface area contributed by atoms with Gasteiger partial charge in [0.1, 0.15) is 54.4 Å². The third kappa shape index (κ3) is 6.77. The van der Waals surface area contributed by atoms with Gasteiger partial charge in [0.05, 0.1) is 20.3 Å². The molecule has 0 amide bonds. The number of ether oxygens (including phenoxy) is 7. The summed E-state index contributed by atoms with van der Waals surface area (Å²) in [4.78, 5) is 24.8. The van der Waals surface area contributed by atoms with E-state index in [2.05, 4.69) is 0 Å². The van der Waals surface area contributed by atoms with Crippen LogP contribution < -0.4 is 19.6 Å². The van der Waals surface area contributed by atoms with E-state index in [-0.39, 0.29) is 22.8 Å². The number of phenols is 2. The molecule has 0 aliphatic carbocycles. The summed E-state index contributed by atoms with van der Waals surface area (Å²) in [6.45, 7) is 1.93. The quantitative estimate of drug-likeness (QED) is 0.127. The molecule has 268 valence electrons. The first-order valence-corrected chi connectivity index (χ1v) is 14.8. The Labute approximate surface area is 276 Å². The Morgan fingerprint density at radius 1 is 0.837 bits per heavy atom. The van der Waals surface area contributed by atoms with Crippen LogP contribution in [0.2, 0.25) is 0 Å². The number of methoxy groups -OCH3 is 2. The lowest BCUT2D eigenvalue weighted by Gasteiger charge is -2.45. The summed E-state index contributed by atoms with van der Waals surface area (Å²) in [6, 6.07) is 4.73. The highest BCUT2D eigenvalue weighted by molar-refractivity contribution is 5.93. The van der Waals surface area contributed by atoms with Gasteiger partial charge in [0.25, 0.3) is 0 Å². The van der Waals surface area contributed by atoms with Crippen LogP contribution in [0.15, 0.2) is 33.5 Å². The smallest absolute Gasteiger partial charge is 0.302 e. The Hall–Kier alpha value is -4.40. The van der Waals surface area contributed by atoms with Gasteiger partial charge in [-0.05, 0) is 25.1 Å². The van der Waals surface area contributed by atoms with Gasteiger partial charge in [-0.2, -0.15) is 0 Å². The van der Waals surface area contributed by atoms with Gasteiger partial charge in [0, 0.05) is 18.6 Å². The predicted octanol–water partition coefficient (Wildman–Crippen LogP) is -0.805. The van der Waals surface area contributed by atoms with Crippen molar-refractivity contribution < 1.29 is 83.2 Å². The van der Waals surface area contributed by atoms with Crippen molar-refractivity contribution in [3.8, 4) is 45.8 Å². The molecule has 0 unspecified atom stereocenters. The van der Waals surface area contributed by atoms with E-state index >= 15 is 0 Å². The van der Waals surface area contributed by atoms with Gasteiger partial charge >= 0.3 is 5.97 Å². The van der Waals surface area contributed by atoms with Crippen LogP contribution in [-0.2, 0) is 23.7 Å². The van der Waals surface area contributed by atoms with E-state index in [0.29, 0.717) is 0 Å². The van der Waals surface area contributed by atoms with E-state index in [9.17, 15) is 50.4 Å². The summed E-state index contributed by atoms with van der Waals surface area (Å²) < 4.78 is 44.4. The van der Waals surface area contributed by atoms with Crippen molar-refractivity contribution in [2.45, 2.75) is 75.3 Å². The van der Waals surface area contributed by atoms with E-state index in [1.807, 2.05) is 0 Å². The lowest BCUT2D eigenvalue weighted by Crippen LogP contribution is -2.64. The summed E-state index contributed by atoms with van der Waals surface area (Å²) in [5.74, 6) is -3.77. The predicted molar refractivity (Wildman–Crippen MR) is 161 cm³/mol. The minimum atomic E-state index is -1.89. The van der Waals surface area contributed by atoms with E-state index in [1.165, 1.54) is 32.2 Å². The van der Waals surface area contributed by atoms with Gasteiger partial charge in [0.15, 0.2) is 41.0 Å². The molecule has 0 saturated carbocycles. The molecule has 5 rings (SSSR count). The van der Waals surface area contributed by atoms with Crippen LogP contribution >= 0.6 is 0 Å². The van der Waals surface area contributed by atoms with Gasteiger partial charge in [-0.1, -0.05) is 0 Å². The highest BCUT2D eigenvalue weighted by Gasteiger charge is 2.51. The minimum absolute atomic E-state index is 0.0143. The van der Waals surface area contributed by atoms with E-state index in [4.69, 9.17) is 37.6 Å². The number of carbonyl (C=O) groups is 1. The molecule has 2 aliphatic rings. The Morgan fingerprint density at radius 2 is 1.55 bits per heavy atom. The monoisotopic (exact) mass is 696 g/mol. The van der Waals surface area contributed by atoms with Crippen molar-refractivity contribution in [3.05, 3.63) is 34.5 Å². The molecule has 2 fully saturated rings. The average molecular weight is 697 g/mol. The maximum atomic E-state index is 13.3. The number of aliphatic hydroxyl groups excluding tert-OH is 5. The number of esters is 1. The molecule has 1 aromatic heterocycles. The number of aliphatic hydroxyl groups is 5. The number of aromatic hydroxyl groups is 3. The molecule has 2 saturated heterocycles. The zero-order valence-corrected chi connectivity index (χ0v) is 26.5. The first kappa shape index (κ1) is 35.9. The fourth-order valence-corrected chi connectivity index (χ4v) is 5.48. The molecule has 0 spiro atoms. The zero-order chi connectivity index (χ0) is 35.9. The molecule has 10 atom stereocenters. The van der Waals surface area contributed by atoms with Crippen molar-refractivity contribution in [1.29, 1.82) is 0 Å². The van der Waals surface area contributed by atoms with Crippen LogP contribution in [0.1, 0.15) is 13.8 Å². The van der Waals surface area contributed by atoms with Crippen LogP contribution in [0.25, 0.3) is 22.3 Å². The van der Waals surface area contributed by atoms with Crippen molar-refractivity contribution in [2.24, 2.45) is 0 Å². The zero-order valence-electron chi connectivity index (χ0n) is 26.5. The maximum Gasteiger partial charge on any atom is 0.302 e. The molecule has 2 aliphatic heterocycles. The third-order valence-electron chi connectivity index (χ3n) is 8.13. The molecular formula is C31H36O18. The average Bonchev–Trinajstić information content (AvgIpc) is 3.06. The van der Waals surface area contributed by atoms with Crippen LogP contribution in [0.4, 0.5) is 0 Å². The van der Waals surface area contributed by atoms with E-state index < -0.39 is 113 Å². The summed E-state index contributed by atoms with van der Waals surface area (Å²) in [5.41, 5.74) is -1.41. The van der Waals surface area contributed by atoms with Gasteiger partial charge in [-0.3, -0.25) is 9.59 Å². The van der Waals surface area contributed by atoms with Crippen LogP contribution in [0, 0.1) is 0 Å². The number of hydrogen-bond acceptors (Lipinski definition) is 18. The van der Waals surface area contributed by atoms with Crippen molar-refractivity contribution in [2.75, 3.05) is 20.8 Å². The summed E-state index contributed by atoms with van der Waals surface area (Å²) in [7, 11) is 2.44. The van der Waals surface area contributed by atoms with E-state index in [0.717, 1.165) is 20.1 Å². The van der Waals surface area contributed by atoms with E-state index in [1.54, 1.807) is 0 Å². The highest BCUT2D eigenvalue weighted by Crippen LogP contribution is 2.45. The second-order valence-corrected chi connectivity index (χ2v) is 11.4. The van der Waals surface area contributed by atoms with Crippen LogP contribution in [-0.4, -0.2) is 129 Å². The molecular weight excluding hydrogens is 660 g/mol. The van der Waals surface area contributed by atoms with Gasteiger partial charge in [0.2, 0.25) is 23.2 Å². The second kappa shape index (κ2) is 14.2. The standard InChI is InChI=1S/C31H36O18/c1-10-19(35)22(38)25(41)30(45-10)49-29-23(39)20(36)17(9-44-11(2)32)47-31(29)46-16-8-14(34)18-21(37)24(40)26(48-28(18)27(16)43-4)12-5-6-13(33)15(7-12)42-3/h5-8,10,17,19-20,22-23,25,29-31,33-36,38-41H,9H2,1-4H3/t10-,17+,19+,20+,22+,23-,25+,29+,30+,31+/m1/s1. The van der Waals surface area contributed by atoms with Crippen molar-refractivity contribution in [1.82, 2.24) is 0 Å². The first-order chi connectivity index (χ1) is 23.2. The lowest BCUT2D eigenvalue weighted by molar-refractivity contribution is -0.354. The molecule has 49 heavy (non-hydrogen) atoms. The number of carbonyl (C=O) groups excluding carboxylic acids is 1. The Balaban J connectivity index is 1.59. The normalized spacial score (nSPS) is 30.1. The van der Waals surface area contributed by atoms with Crippen LogP contribution in [0.3, 0.4) is 0 Å². The Bertz CT molecular complexity index is 1740. The molecule has 3 heterocycles. The van der Waals surface area contributed by atoms with Crippen molar-refractivity contribution >= 4 is 16.9 Å². The fraction of sp³-hybridized carbons (Fsp3) is 0.484. The number of fused-ring (bicyclic) bond motifs is 1. The third-order valence-corrected chi connectivity index (χ3v) is 8.13. The van der Waals surface area contributed by atoms with Gasteiger partial charge < -0.3 is 78.4 Å².